The van der Waals surface area contributed by atoms with E-state index in [2.05, 4.69) is 400 Å². The first-order valence-corrected chi connectivity index (χ1v) is 37.6. The number of aromatic nitrogens is 2. The van der Waals surface area contributed by atoms with Gasteiger partial charge in [0.25, 0.3) is 0 Å². The van der Waals surface area contributed by atoms with Gasteiger partial charge in [-0.05, 0) is 219 Å². The fraction of sp³-hybridized carbons (Fsp3) is 0. The Bertz CT molecular complexity index is 7020. The van der Waals surface area contributed by atoms with Crippen molar-refractivity contribution < 1.29 is 8.83 Å². The molecule has 2 heterocycles. The van der Waals surface area contributed by atoms with Crippen molar-refractivity contribution in [3.05, 3.63) is 400 Å². The van der Waals surface area contributed by atoms with Crippen LogP contribution in [0.3, 0.4) is 0 Å². The molecule has 0 aliphatic carbocycles. The Hall–Kier alpha value is -14.6. The Morgan fingerprint density at radius 2 is 0.491 bits per heavy atom. The average molecular weight is 1400 g/mol. The van der Waals surface area contributed by atoms with Gasteiger partial charge in [-0.1, -0.05) is 346 Å². The van der Waals surface area contributed by atoms with Gasteiger partial charge in [0.2, 0.25) is 11.8 Å². The van der Waals surface area contributed by atoms with Gasteiger partial charge < -0.3 is 8.83 Å². The Morgan fingerprint density at radius 1 is 0.173 bits per heavy atom. The molecule has 0 fully saturated rings. The molecule has 110 heavy (non-hydrogen) atoms. The van der Waals surface area contributed by atoms with E-state index in [-0.39, 0.29) is 0 Å². The van der Waals surface area contributed by atoms with Crippen LogP contribution >= 0.6 is 0 Å². The minimum absolute atomic E-state index is 0.603. The molecule has 0 atom stereocenters. The highest BCUT2D eigenvalue weighted by Crippen LogP contribution is 2.49. The maximum absolute atomic E-state index is 6.84. The second-order valence-electron chi connectivity index (χ2n) is 28.5. The first-order chi connectivity index (χ1) is 54.5. The van der Waals surface area contributed by atoms with E-state index >= 15 is 0 Å². The van der Waals surface area contributed by atoms with E-state index in [1.54, 1.807) is 0 Å². The zero-order chi connectivity index (χ0) is 72.6. The molecular weight excluding hydrogens is 1330 g/mol. The first-order valence-electron chi connectivity index (χ1n) is 37.6. The Morgan fingerprint density at radius 3 is 0.927 bits per heavy atom. The summed E-state index contributed by atoms with van der Waals surface area (Å²) < 4.78 is 13.5. The van der Waals surface area contributed by atoms with Crippen molar-refractivity contribution in [1.29, 1.82) is 0 Å². The second kappa shape index (κ2) is 26.8. The summed E-state index contributed by atoms with van der Waals surface area (Å²) in [5, 5.41) is 19.6. The molecule has 0 bridgehead atoms. The largest absolute Gasteiger partial charge is 0.436 e. The maximum atomic E-state index is 6.84. The first kappa shape index (κ1) is 63.9. The van der Waals surface area contributed by atoms with Crippen LogP contribution in [0.1, 0.15) is 0 Å². The van der Waals surface area contributed by atoms with E-state index in [1.165, 1.54) is 131 Å². The monoisotopic (exact) mass is 1400 g/mol. The molecule has 2 aromatic heterocycles. The van der Waals surface area contributed by atoms with E-state index in [4.69, 9.17) is 18.8 Å². The van der Waals surface area contributed by atoms with Crippen LogP contribution in [0.5, 0.6) is 0 Å². The highest BCUT2D eigenvalue weighted by Gasteiger charge is 2.24. The fourth-order valence-corrected chi connectivity index (χ4v) is 17.0. The summed E-state index contributed by atoms with van der Waals surface area (Å²) in [6, 6.07) is 143. The summed E-state index contributed by atoms with van der Waals surface area (Å²) in [6.45, 7) is 0. The lowest BCUT2D eigenvalue weighted by Gasteiger charge is -2.17. The predicted molar refractivity (Wildman–Crippen MR) is 462 cm³/mol. The van der Waals surface area contributed by atoms with Crippen molar-refractivity contribution in [3.63, 3.8) is 0 Å². The quantitative estimate of drug-likeness (QED) is 0.128. The number of benzene rings is 20. The minimum Gasteiger partial charge on any atom is -0.436 e. The third kappa shape index (κ3) is 11.1. The van der Waals surface area contributed by atoms with Gasteiger partial charge in [-0.15, -0.1) is 0 Å². The number of nitrogens with zero attached hydrogens (tertiary/aromatic N) is 2. The van der Waals surface area contributed by atoms with E-state index in [9.17, 15) is 0 Å². The number of hydrogen-bond acceptors (Lipinski definition) is 4. The molecule has 0 N–H and O–H groups in total. The van der Waals surface area contributed by atoms with Crippen LogP contribution in [0.15, 0.2) is 409 Å². The van der Waals surface area contributed by atoms with Crippen LogP contribution in [-0.4, -0.2) is 9.97 Å². The highest BCUT2D eigenvalue weighted by molar-refractivity contribution is 6.23. The predicted octanol–water partition coefficient (Wildman–Crippen LogP) is 29.6. The maximum Gasteiger partial charge on any atom is 0.227 e. The minimum atomic E-state index is 0.603. The van der Waals surface area contributed by atoms with Crippen LogP contribution in [0, 0.1) is 0 Å². The van der Waals surface area contributed by atoms with E-state index in [1.807, 2.05) is 0 Å². The van der Waals surface area contributed by atoms with Gasteiger partial charge in [-0.3, -0.25) is 0 Å². The van der Waals surface area contributed by atoms with E-state index < -0.39 is 0 Å². The molecule has 0 radical (unpaired) electrons. The highest BCUT2D eigenvalue weighted by atomic mass is 16.4. The number of oxazole rings is 2. The number of hydrogen-bond donors (Lipinski definition) is 0. The summed E-state index contributed by atoms with van der Waals surface area (Å²) in [5.74, 6) is 1.21. The summed E-state index contributed by atoms with van der Waals surface area (Å²) >= 11 is 0. The molecule has 0 amide bonds. The number of fused-ring (bicyclic) bond motifs is 10. The average Bonchev–Trinajstić information content (AvgIpc) is 0.919. The summed E-state index contributed by atoms with van der Waals surface area (Å²) in [5.41, 5.74) is 23.7. The smallest absolute Gasteiger partial charge is 0.227 e. The van der Waals surface area contributed by atoms with Crippen LogP contribution < -0.4 is 0 Å². The molecule has 512 valence electrons. The van der Waals surface area contributed by atoms with Crippen LogP contribution in [0.4, 0.5) is 0 Å². The molecule has 0 saturated carbocycles. The van der Waals surface area contributed by atoms with Crippen molar-refractivity contribution >= 4 is 108 Å². The van der Waals surface area contributed by atoms with Gasteiger partial charge in [0.15, 0.2) is 11.2 Å². The zero-order valence-electron chi connectivity index (χ0n) is 59.8. The van der Waals surface area contributed by atoms with Gasteiger partial charge in [-0.2, -0.15) is 0 Å². The molecule has 0 aliphatic heterocycles. The third-order valence-electron chi connectivity index (χ3n) is 22.2. The zero-order valence-corrected chi connectivity index (χ0v) is 59.8. The summed E-state index contributed by atoms with van der Waals surface area (Å²) in [6.07, 6.45) is 0. The SMILES string of the molecule is c1ccc(-c2c3ccccc3c(-c3ccc(-c4nc5c(-c6ccc7ccccc7c6)ccc(-c6ccc7ccccc7c6)c5o4)cc3)c3ccccc23)cc1.c1ccc(-c2c3ccccc3c(-c3ccc(-c4nc5cc(-c6cccc7ccccc67)c(-c6cccc7ccccc67)cc5o4)cc3)c3ccccc23)cc1. The molecule has 22 aromatic rings. The molecule has 0 saturated heterocycles. The molecule has 4 heteroatoms. The Kier molecular flexibility index (Phi) is 15.5. The van der Waals surface area contributed by atoms with Crippen molar-refractivity contribution in [2.24, 2.45) is 0 Å². The molecule has 22 rings (SSSR count). The van der Waals surface area contributed by atoms with Crippen molar-refractivity contribution in [1.82, 2.24) is 9.97 Å². The Labute approximate surface area is 635 Å². The van der Waals surface area contributed by atoms with Gasteiger partial charge in [0, 0.05) is 22.3 Å². The van der Waals surface area contributed by atoms with Crippen molar-refractivity contribution in [2.45, 2.75) is 0 Å². The fourth-order valence-electron chi connectivity index (χ4n) is 17.0. The van der Waals surface area contributed by atoms with Crippen molar-refractivity contribution in [2.75, 3.05) is 0 Å². The standard InChI is InChI=1S/2C53H33NO/c1-2-16-36(17-3-1)51-43-22-8-10-24-45(43)52(46-25-11-9-23-44(46)51)37-28-30-38(31-29-37)53-54-49-32-47(41-26-12-18-34-14-4-6-20-39(34)41)48(33-50(49)55-53)42-27-13-19-35-15-5-7-21-40(35)42;1-2-14-36(15-3-1)49-45-18-8-10-20-47(45)50(48-21-11-9-19-46(48)49)37-24-26-38(27-25-37)53-54-51-43(41-28-22-34-12-4-6-16-39(34)32-41)30-31-44(52(51)55-53)42-29-23-35-13-5-7-17-40(35)33-42/h2*1-33H. The molecule has 0 unspecified atom stereocenters. The lowest BCUT2D eigenvalue weighted by Crippen LogP contribution is -1.90. The van der Waals surface area contributed by atoms with Crippen LogP contribution in [0.2, 0.25) is 0 Å². The molecule has 20 aromatic carbocycles. The summed E-state index contributed by atoms with van der Waals surface area (Å²) in [4.78, 5) is 10.4. The molecule has 0 spiro atoms. The van der Waals surface area contributed by atoms with Gasteiger partial charge in [0.05, 0.1) is 0 Å². The van der Waals surface area contributed by atoms with Gasteiger partial charge in [0.1, 0.15) is 11.0 Å². The van der Waals surface area contributed by atoms with Crippen LogP contribution in [0.25, 0.3) is 220 Å². The molecule has 0 aliphatic rings. The Balaban J connectivity index is 0.000000140. The van der Waals surface area contributed by atoms with Gasteiger partial charge in [-0.25, -0.2) is 9.97 Å². The number of rotatable bonds is 10. The normalized spacial score (nSPS) is 11.6. The lowest BCUT2D eigenvalue weighted by atomic mass is 9.86. The third-order valence-corrected chi connectivity index (χ3v) is 22.2. The molecule has 4 nitrogen and oxygen atoms in total. The van der Waals surface area contributed by atoms with E-state index in [0.29, 0.717) is 11.8 Å². The second-order valence-corrected chi connectivity index (χ2v) is 28.5. The van der Waals surface area contributed by atoms with Crippen LogP contribution in [-0.2, 0) is 0 Å². The van der Waals surface area contributed by atoms with Crippen molar-refractivity contribution in [3.8, 4) is 112 Å². The topological polar surface area (TPSA) is 52.1 Å². The lowest BCUT2D eigenvalue weighted by molar-refractivity contribution is 0.620. The summed E-state index contributed by atoms with van der Waals surface area (Å²) in [7, 11) is 0. The van der Waals surface area contributed by atoms with E-state index in [0.717, 1.165) is 77.8 Å². The molecular formula is C106H66N2O2. The van der Waals surface area contributed by atoms with Gasteiger partial charge >= 0.3 is 0 Å².